The number of carbonyl (C=O) groups is 1. The van der Waals surface area contributed by atoms with Crippen molar-refractivity contribution in [3.63, 3.8) is 0 Å². The highest BCUT2D eigenvalue weighted by Gasteiger charge is 2.16. The molecule has 0 fully saturated rings. The quantitative estimate of drug-likeness (QED) is 0.432. The van der Waals surface area contributed by atoms with E-state index in [4.69, 9.17) is 10.5 Å². The third-order valence-electron chi connectivity index (χ3n) is 4.54. The topological polar surface area (TPSA) is 123 Å². The highest BCUT2D eigenvalue weighted by molar-refractivity contribution is 6.01. The van der Waals surface area contributed by atoms with Crippen LogP contribution in [0.2, 0.25) is 0 Å². The van der Waals surface area contributed by atoms with Crippen molar-refractivity contribution >= 4 is 34.3 Å². The van der Waals surface area contributed by atoms with E-state index >= 15 is 0 Å². The fourth-order valence-corrected chi connectivity index (χ4v) is 3.02. The third kappa shape index (κ3) is 3.97. The van der Waals surface area contributed by atoms with E-state index in [1.54, 1.807) is 18.2 Å². The molecule has 0 atom stereocenters. The van der Waals surface area contributed by atoms with Gasteiger partial charge in [0.1, 0.15) is 11.3 Å². The maximum Gasteiger partial charge on any atom is 0.342 e. The van der Waals surface area contributed by atoms with Crippen molar-refractivity contribution < 1.29 is 14.6 Å². The van der Waals surface area contributed by atoms with E-state index in [1.165, 1.54) is 6.07 Å². The molecule has 0 radical (unpaired) electrons. The van der Waals surface area contributed by atoms with Gasteiger partial charge in [-0.05, 0) is 30.0 Å². The summed E-state index contributed by atoms with van der Waals surface area (Å²) in [6, 6.07) is 18.1. The zero-order valence-electron chi connectivity index (χ0n) is 16.2. The molecule has 0 unspecified atom stereocenters. The first-order chi connectivity index (χ1) is 14.5. The largest absolute Gasteiger partial charge is 0.506 e. The summed E-state index contributed by atoms with van der Waals surface area (Å²) < 4.78 is 5.29. The number of nitrogen functional groups attached to an aromatic ring is 1. The summed E-state index contributed by atoms with van der Waals surface area (Å²) in [5, 5.41) is 14.9. The highest BCUT2D eigenvalue weighted by atomic mass is 16.5. The summed E-state index contributed by atoms with van der Waals surface area (Å²) in [6.45, 7) is 1.73. The van der Waals surface area contributed by atoms with Crippen LogP contribution in [0.1, 0.15) is 21.7 Å². The van der Waals surface area contributed by atoms with E-state index in [0.29, 0.717) is 5.39 Å². The molecule has 150 valence electrons. The molecule has 3 aromatic carbocycles. The second kappa shape index (κ2) is 8.04. The van der Waals surface area contributed by atoms with E-state index in [2.05, 4.69) is 20.3 Å². The van der Waals surface area contributed by atoms with Crippen LogP contribution in [0.3, 0.4) is 0 Å². The number of fused-ring (bicyclic) bond motifs is 1. The first-order valence-corrected chi connectivity index (χ1v) is 9.22. The summed E-state index contributed by atoms with van der Waals surface area (Å²) in [5.41, 5.74) is 7.67. The Morgan fingerprint density at radius 1 is 1.03 bits per heavy atom. The van der Waals surface area contributed by atoms with E-state index in [-0.39, 0.29) is 35.6 Å². The Labute approximate surface area is 172 Å². The fourth-order valence-electron chi connectivity index (χ4n) is 3.02. The second-order valence-corrected chi connectivity index (χ2v) is 6.63. The Morgan fingerprint density at radius 3 is 2.63 bits per heavy atom. The Kier molecular flexibility index (Phi) is 5.13. The van der Waals surface area contributed by atoms with E-state index in [9.17, 15) is 9.90 Å². The van der Waals surface area contributed by atoms with Crippen molar-refractivity contribution in [2.45, 2.75) is 13.5 Å². The number of phenols is 1. The minimum absolute atomic E-state index is 0.000635. The van der Waals surface area contributed by atoms with Gasteiger partial charge in [0.05, 0.1) is 0 Å². The summed E-state index contributed by atoms with van der Waals surface area (Å²) in [5.74, 6) is -0.384. The third-order valence-corrected chi connectivity index (χ3v) is 4.54. The SMILES string of the molecule is Cc1ccccc1Nc1nc(N)nc(COC(=O)c2ccc3ccccc3c2O)n1. The number of nitrogens with two attached hydrogens (primary N) is 1. The number of para-hydroxylation sites is 1. The van der Waals surface area contributed by atoms with Crippen molar-refractivity contribution in [3.8, 4) is 5.75 Å². The number of nitrogens with one attached hydrogen (secondary N) is 1. The first kappa shape index (κ1) is 19.1. The van der Waals surface area contributed by atoms with Gasteiger partial charge in [-0.15, -0.1) is 0 Å². The number of benzene rings is 3. The standard InChI is InChI=1S/C22H19N5O3/c1-13-6-2-5-9-17(13)24-22-26-18(25-21(23)27-22)12-30-20(29)16-11-10-14-7-3-4-8-15(14)19(16)28/h2-11,28H,12H2,1H3,(H3,23,24,25,26,27). The van der Waals surface area contributed by atoms with Crippen LogP contribution >= 0.6 is 0 Å². The fraction of sp³-hybridized carbons (Fsp3) is 0.0909. The molecule has 30 heavy (non-hydrogen) atoms. The van der Waals surface area contributed by atoms with Gasteiger partial charge in [0.2, 0.25) is 11.9 Å². The number of ether oxygens (including phenoxy) is 1. The number of aromatic nitrogens is 3. The Hall–Kier alpha value is -4.20. The first-order valence-electron chi connectivity index (χ1n) is 9.22. The Bertz CT molecular complexity index is 1240. The summed E-state index contributed by atoms with van der Waals surface area (Å²) in [7, 11) is 0. The number of hydrogen-bond donors (Lipinski definition) is 3. The van der Waals surface area contributed by atoms with Gasteiger partial charge in [0.15, 0.2) is 12.4 Å². The molecule has 0 saturated carbocycles. The molecule has 0 aliphatic rings. The van der Waals surface area contributed by atoms with E-state index in [1.807, 2.05) is 43.3 Å². The van der Waals surface area contributed by atoms with Gasteiger partial charge in [0, 0.05) is 11.1 Å². The van der Waals surface area contributed by atoms with Gasteiger partial charge in [-0.2, -0.15) is 15.0 Å². The number of rotatable bonds is 5. The van der Waals surface area contributed by atoms with Crippen LogP contribution in [0, 0.1) is 6.92 Å². The summed E-state index contributed by atoms with van der Waals surface area (Å²) >= 11 is 0. The molecule has 4 aromatic rings. The number of anilines is 3. The Balaban J connectivity index is 1.51. The molecule has 0 amide bonds. The van der Waals surface area contributed by atoms with Gasteiger partial charge in [-0.1, -0.05) is 48.5 Å². The predicted molar refractivity (Wildman–Crippen MR) is 113 cm³/mol. The van der Waals surface area contributed by atoms with Crippen molar-refractivity contribution in [1.82, 2.24) is 15.0 Å². The number of phenolic OH excluding ortho intramolecular Hbond substituents is 1. The zero-order chi connectivity index (χ0) is 21.1. The van der Waals surface area contributed by atoms with E-state index < -0.39 is 5.97 Å². The molecule has 8 heteroatoms. The molecule has 0 spiro atoms. The minimum Gasteiger partial charge on any atom is -0.506 e. The van der Waals surface area contributed by atoms with Crippen LogP contribution in [0.25, 0.3) is 10.8 Å². The molecule has 0 aliphatic carbocycles. The average molecular weight is 401 g/mol. The van der Waals surface area contributed by atoms with Gasteiger partial charge in [-0.3, -0.25) is 0 Å². The van der Waals surface area contributed by atoms with Crippen molar-refractivity contribution in [2.24, 2.45) is 0 Å². The van der Waals surface area contributed by atoms with Gasteiger partial charge < -0.3 is 20.9 Å². The van der Waals surface area contributed by atoms with Crippen LogP contribution in [0.4, 0.5) is 17.6 Å². The van der Waals surface area contributed by atoms with Gasteiger partial charge >= 0.3 is 5.97 Å². The van der Waals surface area contributed by atoms with Crippen LogP contribution in [-0.4, -0.2) is 26.0 Å². The van der Waals surface area contributed by atoms with E-state index in [0.717, 1.165) is 16.6 Å². The summed E-state index contributed by atoms with van der Waals surface area (Å²) in [6.07, 6.45) is 0. The highest BCUT2D eigenvalue weighted by Crippen LogP contribution is 2.29. The molecule has 1 heterocycles. The van der Waals surface area contributed by atoms with Gasteiger partial charge in [-0.25, -0.2) is 4.79 Å². The smallest absolute Gasteiger partial charge is 0.342 e. The average Bonchev–Trinajstić information content (AvgIpc) is 2.74. The molecule has 8 nitrogen and oxygen atoms in total. The predicted octanol–water partition coefficient (Wildman–Crippen LogP) is 3.72. The maximum atomic E-state index is 12.5. The lowest BCUT2D eigenvalue weighted by Crippen LogP contribution is -2.11. The lowest BCUT2D eigenvalue weighted by atomic mass is 10.1. The number of nitrogens with zero attached hydrogens (tertiary/aromatic N) is 3. The molecule has 1 aromatic heterocycles. The number of aryl methyl sites for hydroxylation is 1. The molecule has 4 N–H and O–H groups in total. The molecular formula is C22H19N5O3. The Morgan fingerprint density at radius 2 is 1.80 bits per heavy atom. The van der Waals surface area contributed by atoms with Crippen molar-refractivity contribution in [2.75, 3.05) is 11.1 Å². The van der Waals surface area contributed by atoms with Crippen LogP contribution < -0.4 is 11.1 Å². The normalized spacial score (nSPS) is 10.7. The number of esters is 1. The second-order valence-electron chi connectivity index (χ2n) is 6.63. The van der Waals surface area contributed by atoms with Crippen LogP contribution in [0.15, 0.2) is 60.7 Å². The lowest BCUT2D eigenvalue weighted by molar-refractivity contribution is 0.0459. The lowest BCUT2D eigenvalue weighted by Gasteiger charge is -2.10. The van der Waals surface area contributed by atoms with Gasteiger partial charge in [0.25, 0.3) is 0 Å². The van der Waals surface area contributed by atoms with Crippen LogP contribution in [0.5, 0.6) is 5.75 Å². The molecule has 0 aliphatic heterocycles. The minimum atomic E-state index is -0.689. The molecular weight excluding hydrogens is 382 g/mol. The van der Waals surface area contributed by atoms with Crippen LogP contribution in [-0.2, 0) is 11.3 Å². The molecule has 4 rings (SSSR count). The number of aromatic hydroxyl groups is 1. The monoisotopic (exact) mass is 401 g/mol. The maximum absolute atomic E-state index is 12.5. The molecule has 0 saturated heterocycles. The summed E-state index contributed by atoms with van der Waals surface area (Å²) in [4.78, 5) is 24.8. The van der Waals surface area contributed by atoms with Crippen molar-refractivity contribution in [1.29, 1.82) is 0 Å². The van der Waals surface area contributed by atoms with Crippen molar-refractivity contribution in [3.05, 3.63) is 77.6 Å². The number of carbonyl (C=O) groups excluding carboxylic acids is 1. The molecule has 0 bridgehead atoms. The number of hydrogen-bond acceptors (Lipinski definition) is 8. The zero-order valence-corrected chi connectivity index (χ0v) is 16.2.